The zero-order valence-electron chi connectivity index (χ0n) is 15.6. The number of hydrogen-bond donors (Lipinski definition) is 0. The first kappa shape index (κ1) is 21.5. The normalized spacial score (nSPS) is 12.3. The molecule has 0 N–H and O–H groups in total. The summed E-state index contributed by atoms with van der Waals surface area (Å²) in [6, 6.07) is 0. The van der Waals surface area contributed by atoms with Crippen LogP contribution in [0.2, 0.25) is 0 Å². The topological polar surface area (TPSA) is 9.23 Å². The van der Waals surface area contributed by atoms with Gasteiger partial charge in [0.2, 0.25) is 0 Å². The lowest BCUT2D eigenvalue weighted by Crippen LogP contribution is -2.09. The summed E-state index contributed by atoms with van der Waals surface area (Å²) in [6.45, 7) is 8.27. The van der Waals surface area contributed by atoms with Crippen LogP contribution in [0.5, 0.6) is 0 Å². The van der Waals surface area contributed by atoms with E-state index in [0.717, 1.165) is 0 Å². The average molecular weight is 311 g/mol. The molecule has 0 aliphatic rings. The van der Waals surface area contributed by atoms with Crippen molar-refractivity contribution >= 4 is 0 Å². The fraction of sp³-hybridized carbons (Fsp3) is 0.905. The molecule has 132 valence electrons. The van der Waals surface area contributed by atoms with E-state index in [1.807, 2.05) is 0 Å². The zero-order chi connectivity index (χ0) is 16.3. The van der Waals surface area contributed by atoms with Gasteiger partial charge in [0.25, 0.3) is 0 Å². The number of ether oxygens (including phenoxy) is 1. The number of hydrogen-bond acceptors (Lipinski definition) is 1. The Morgan fingerprint density at radius 2 is 1.00 bits per heavy atom. The Hall–Kier alpha value is -0.460. The monoisotopic (exact) mass is 310 g/mol. The highest BCUT2D eigenvalue weighted by Gasteiger charge is 2.07. The molecule has 0 aliphatic carbocycles. The summed E-state index contributed by atoms with van der Waals surface area (Å²) >= 11 is 0. The van der Waals surface area contributed by atoms with Gasteiger partial charge in [0.15, 0.2) is 0 Å². The van der Waals surface area contributed by atoms with Gasteiger partial charge >= 0.3 is 0 Å². The van der Waals surface area contributed by atoms with E-state index in [9.17, 15) is 0 Å². The summed E-state index contributed by atoms with van der Waals surface area (Å²) in [7, 11) is 0. The molecule has 0 aromatic carbocycles. The van der Waals surface area contributed by atoms with E-state index in [1.165, 1.54) is 103 Å². The van der Waals surface area contributed by atoms with E-state index in [2.05, 4.69) is 20.4 Å². The van der Waals surface area contributed by atoms with Gasteiger partial charge in [0.1, 0.15) is 0 Å². The van der Waals surface area contributed by atoms with Crippen LogP contribution < -0.4 is 0 Å². The summed E-state index contributed by atoms with van der Waals surface area (Å²) in [5.41, 5.74) is 0. The Balaban J connectivity index is 3.38. The first-order valence-electron chi connectivity index (χ1n) is 10.1. The molecule has 0 aromatic rings. The van der Waals surface area contributed by atoms with Gasteiger partial charge in [-0.25, -0.2) is 0 Å². The van der Waals surface area contributed by atoms with Gasteiger partial charge in [-0.2, -0.15) is 0 Å². The third-order valence-electron chi connectivity index (χ3n) is 4.55. The van der Waals surface area contributed by atoms with E-state index in [1.54, 1.807) is 6.26 Å². The van der Waals surface area contributed by atoms with Gasteiger partial charge in [-0.3, -0.25) is 0 Å². The van der Waals surface area contributed by atoms with Crippen LogP contribution in [0, 0.1) is 0 Å². The molecule has 0 rings (SSSR count). The lowest BCUT2D eigenvalue weighted by molar-refractivity contribution is 0.121. The molecule has 0 aliphatic heterocycles. The molecule has 0 aromatic heterocycles. The highest BCUT2D eigenvalue weighted by Crippen LogP contribution is 2.16. The van der Waals surface area contributed by atoms with E-state index >= 15 is 0 Å². The molecule has 0 fully saturated rings. The van der Waals surface area contributed by atoms with E-state index in [0.29, 0.717) is 6.10 Å². The standard InChI is InChI=1S/C21H42O/c1-4-7-9-11-12-13-14-15-16-18-20-21(22-6-3)19-17-10-8-5-2/h6,21H,3-5,7-20H2,1-2H3. The van der Waals surface area contributed by atoms with Crippen LogP contribution in [0.25, 0.3) is 0 Å². The van der Waals surface area contributed by atoms with Crippen molar-refractivity contribution in [3.8, 4) is 0 Å². The molecule has 0 saturated carbocycles. The van der Waals surface area contributed by atoms with E-state index in [4.69, 9.17) is 4.74 Å². The predicted octanol–water partition coefficient (Wildman–Crippen LogP) is 7.80. The minimum absolute atomic E-state index is 0.420. The minimum Gasteiger partial charge on any atom is -0.499 e. The van der Waals surface area contributed by atoms with Crippen molar-refractivity contribution in [2.45, 2.75) is 123 Å². The van der Waals surface area contributed by atoms with Crippen molar-refractivity contribution in [1.82, 2.24) is 0 Å². The van der Waals surface area contributed by atoms with Crippen molar-refractivity contribution in [3.05, 3.63) is 12.8 Å². The number of unbranched alkanes of at least 4 members (excludes halogenated alkanes) is 12. The Bertz CT molecular complexity index is 212. The fourth-order valence-corrected chi connectivity index (χ4v) is 3.07. The Morgan fingerprint density at radius 3 is 1.41 bits per heavy atom. The molecule has 1 atom stereocenters. The molecule has 0 heterocycles. The highest BCUT2D eigenvalue weighted by molar-refractivity contribution is 4.64. The second-order valence-electron chi connectivity index (χ2n) is 6.74. The van der Waals surface area contributed by atoms with Crippen LogP contribution in [0.4, 0.5) is 0 Å². The number of rotatable bonds is 18. The SMILES string of the molecule is C=COC(CCCCCC)CCCCCCCCCCCC. The maximum absolute atomic E-state index is 5.67. The molecule has 1 heteroatoms. The van der Waals surface area contributed by atoms with E-state index < -0.39 is 0 Å². The maximum Gasteiger partial charge on any atom is 0.0978 e. The molecule has 22 heavy (non-hydrogen) atoms. The average Bonchev–Trinajstić information content (AvgIpc) is 2.53. The third kappa shape index (κ3) is 15.9. The second kappa shape index (κ2) is 18.6. The van der Waals surface area contributed by atoms with Crippen LogP contribution in [0.15, 0.2) is 12.8 Å². The van der Waals surface area contributed by atoms with Gasteiger partial charge in [0, 0.05) is 0 Å². The highest BCUT2D eigenvalue weighted by atomic mass is 16.5. The molecule has 0 saturated heterocycles. The summed E-state index contributed by atoms with van der Waals surface area (Å²) in [4.78, 5) is 0. The van der Waals surface area contributed by atoms with Crippen LogP contribution in [-0.2, 0) is 4.74 Å². The summed E-state index contributed by atoms with van der Waals surface area (Å²) < 4.78 is 5.67. The largest absolute Gasteiger partial charge is 0.499 e. The molecule has 0 spiro atoms. The Labute approximate surface area is 140 Å². The van der Waals surface area contributed by atoms with Crippen molar-refractivity contribution in [3.63, 3.8) is 0 Å². The fourth-order valence-electron chi connectivity index (χ4n) is 3.07. The summed E-state index contributed by atoms with van der Waals surface area (Å²) in [5, 5.41) is 0. The van der Waals surface area contributed by atoms with Gasteiger partial charge in [-0.1, -0.05) is 97.5 Å². The summed E-state index contributed by atoms with van der Waals surface area (Å²) in [6.07, 6.45) is 23.9. The predicted molar refractivity (Wildman–Crippen MR) is 100 cm³/mol. The van der Waals surface area contributed by atoms with Gasteiger partial charge in [-0.15, -0.1) is 0 Å². The van der Waals surface area contributed by atoms with Crippen molar-refractivity contribution in [2.75, 3.05) is 0 Å². The van der Waals surface area contributed by atoms with E-state index in [-0.39, 0.29) is 0 Å². The van der Waals surface area contributed by atoms with Gasteiger partial charge in [-0.05, 0) is 25.7 Å². The first-order valence-corrected chi connectivity index (χ1v) is 10.1. The van der Waals surface area contributed by atoms with Crippen molar-refractivity contribution in [2.24, 2.45) is 0 Å². The van der Waals surface area contributed by atoms with Crippen molar-refractivity contribution in [1.29, 1.82) is 0 Å². The molecule has 0 radical (unpaired) electrons. The van der Waals surface area contributed by atoms with Crippen LogP contribution in [-0.4, -0.2) is 6.10 Å². The summed E-state index contributed by atoms with van der Waals surface area (Å²) in [5.74, 6) is 0. The Kier molecular flexibility index (Phi) is 18.2. The molecule has 0 amide bonds. The lowest BCUT2D eigenvalue weighted by Gasteiger charge is -2.16. The van der Waals surface area contributed by atoms with Crippen LogP contribution in [0.3, 0.4) is 0 Å². The molecule has 0 bridgehead atoms. The maximum atomic E-state index is 5.67. The quantitative estimate of drug-likeness (QED) is 0.185. The molecular weight excluding hydrogens is 268 g/mol. The van der Waals surface area contributed by atoms with Crippen LogP contribution in [0.1, 0.15) is 117 Å². The second-order valence-corrected chi connectivity index (χ2v) is 6.74. The van der Waals surface area contributed by atoms with Crippen molar-refractivity contribution < 1.29 is 4.74 Å². The minimum atomic E-state index is 0.420. The van der Waals surface area contributed by atoms with Crippen LogP contribution >= 0.6 is 0 Å². The Morgan fingerprint density at radius 1 is 0.636 bits per heavy atom. The smallest absolute Gasteiger partial charge is 0.0978 e. The molecule has 1 nitrogen and oxygen atoms in total. The zero-order valence-corrected chi connectivity index (χ0v) is 15.6. The van der Waals surface area contributed by atoms with Gasteiger partial charge < -0.3 is 4.74 Å². The molecule has 1 unspecified atom stereocenters. The third-order valence-corrected chi connectivity index (χ3v) is 4.55. The molecular formula is C21H42O. The van der Waals surface area contributed by atoms with Gasteiger partial charge in [0.05, 0.1) is 12.4 Å². The lowest BCUT2D eigenvalue weighted by atomic mass is 10.0. The first-order chi connectivity index (χ1) is 10.8.